The Morgan fingerprint density at radius 1 is 1.16 bits per heavy atom. The van der Waals surface area contributed by atoms with E-state index < -0.39 is 12.1 Å². The van der Waals surface area contributed by atoms with Gasteiger partial charge < -0.3 is 15.3 Å². The second kappa shape index (κ2) is 12.0. The minimum absolute atomic E-state index is 0.0398. The van der Waals surface area contributed by atoms with Crippen molar-refractivity contribution >= 4 is 11.8 Å². The largest absolute Gasteiger partial charge is 0.481 e. The zero-order valence-corrected chi connectivity index (χ0v) is 15.1. The summed E-state index contributed by atoms with van der Waals surface area (Å²) in [4.78, 5) is 22.5. The highest BCUT2D eigenvalue weighted by Crippen LogP contribution is 2.29. The van der Waals surface area contributed by atoms with Gasteiger partial charge in [0.1, 0.15) is 0 Å². The molecule has 3 N–H and O–H groups in total. The molecule has 0 spiro atoms. The van der Waals surface area contributed by atoms with Crippen LogP contribution in [0.15, 0.2) is 24.3 Å². The smallest absolute Gasteiger partial charge is 0.303 e. The van der Waals surface area contributed by atoms with Crippen LogP contribution in [0.4, 0.5) is 0 Å². The first-order valence-electron chi connectivity index (χ1n) is 9.38. The molecule has 25 heavy (non-hydrogen) atoms. The molecule has 0 radical (unpaired) electrons. The van der Waals surface area contributed by atoms with Crippen LogP contribution >= 0.6 is 0 Å². The zero-order valence-electron chi connectivity index (χ0n) is 15.1. The molecule has 0 aromatic carbocycles. The standard InChI is InChI=1S/C20H32O5/c1-15(21)7-6-8-17(22)13-11-16-12-14-19(23)18(16)9-4-2-3-5-10-20(24)25/h11-18,21-22H,2-10H2,1H3,(H,24,25)/b13-11+/t15?,16-,17-,18+/m0/s1. The van der Waals surface area contributed by atoms with E-state index in [1.54, 1.807) is 19.1 Å². The number of ketones is 1. The van der Waals surface area contributed by atoms with E-state index in [1.165, 1.54) is 0 Å². The van der Waals surface area contributed by atoms with E-state index in [9.17, 15) is 19.8 Å². The van der Waals surface area contributed by atoms with Gasteiger partial charge >= 0.3 is 5.97 Å². The Hall–Kier alpha value is -1.46. The van der Waals surface area contributed by atoms with Gasteiger partial charge in [-0.1, -0.05) is 37.5 Å². The Kier molecular flexibility index (Phi) is 10.3. The Morgan fingerprint density at radius 2 is 1.88 bits per heavy atom. The molecule has 4 atom stereocenters. The second-order valence-corrected chi connectivity index (χ2v) is 7.02. The third kappa shape index (κ3) is 9.56. The average molecular weight is 352 g/mol. The summed E-state index contributed by atoms with van der Waals surface area (Å²) in [7, 11) is 0. The fraction of sp³-hybridized carbons (Fsp3) is 0.700. The van der Waals surface area contributed by atoms with Crippen LogP contribution in [0.2, 0.25) is 0 Å². The van der Waals surface area contributed by atoms with Gasteiger partial charge in [-0.2, -0.15) is 0 Å². The van der Waals surface area contributed by atoms with E-state index in [0.717, 1.165) is 32.1 Å². The van der Waals surface area contributed by atoms with E-state index in [1.807, 2.05) is 12.2 Å². The highest BCUT2D eigenvalue weighted by molar-refractivity contribution is 5.94. The summed E-state index contributed by atoms with van der Waals surface area (Å²) < 4.78 is 0. The lowest BCUT2D eigenvalue weighted by atomic mass is 9.88. The van der Waals surface area contributed by atoms with Gasteiger partial charge in [0.05, 0.1) is 12.2 Å². The van der Waals surface area contributed by atoms with Crippen molar-refractivity contribution in [3.05, 3.63) is 24.3 Å². The Morgan fingerprint density at radius 3 is 2.56 bits per heavy atom. The quantitative estimate of drug-likeness (QED) is 0.349. The summed E-state index contributed by atoms with van der Waals surface area (Å²) in [6, 6.07) is 0. The van der Waals surface area contributed by atoms with E-state index >= 15 is 0 Å². The number of carboxylic acids is 1. The third-order valence-electron chi connectivity index (χ3n) is 4.65. The molecule has 0 heterocycles. The van der Waals surface area contributed by atoms with Crippen LogP contribution in [0.5, 0.6) is 0 Å². The highest BCUT2D eigenvalue weighted by atomic mass is 16.4. The number of carboxylic acid groups (broad SMARTS) is 1. The van der Waals surface area contributed by atoms with Gasteiger partial charge in [0.25, 0.3) is 0 Å². The molecule has 1 unspecified atom stereocenters. The number of aliphatic hydroxyl groups excluding tert-OH is 2. The molecule has 0 bridgehead atoms. The Balaban J connectivity index is 2.30. The van der Waals surface area contributed by atoms with Crippen molar-refractivity contribution in [1.82, 2.24) is 0 Å². The van der Waals surface area contributed by atoms with Gasteiger partial charge in [0, 0.05) is 18.3 Å². The first kappa shape index (κ1) is 21.6. The number of unbranched alkanes of at least 4 members (excludes halogenated alkanes) is 3. The summed E-state index contributed by atoms with van der Waals surface area (Å²) in [5.74, 6) is -0.630. The molecule has 0 aromatic rings. The molecule has 0 aromatic heterocycles. The van der Waals surface area contributed by atoms with E-state index in [2.05, 4.69) is 0 Å². The maximum atomic E-state index is 12.0. The molecule has 1 aliphatic rings. The molecule has 0 amide bonds. The Bertz CT molecular complexity index is 467. The van der Waals surface area contributed by atoms with Crippen LogP contribution < -0.4 is 0 Å². The van der Waals surface area contributed by atoms with Crippen molar-refractivity contribution in [1.29, 1.82) is 0 Å². The summed E-state index contributed by atoms with van der Waals surface area (Å²) in [6.07, 6.45) is 12.8. The number of aliphatic hydroxyl groups is 2. The van der Waals surface area contributed by atoms with Crippen LogP contribution in [0.25, 0.3) is 0 Å². The first-order chi connectivity index (χ1) is 11.9. The van der Waals surface area contributed by atoms with E-state index in [0.29, 0.717) is 19.3 Å². The van der Waals surface area contributed by atoms with Crippen LogP contribution in [0.1, 0.15) is 64.7 Å². The lowest BCUT2D eigenvalue weighted by molar-refractivity contribution is -0.137. The monoisotopic (exact) mass is 352 g/mol. The zero-order chi connectivity index (χ0) is 18.7. The van der Waals surface area contributed by atoms with Crippen molar-refractivity contribution in [2.24, 2.45) is 11.8 Å². The van der Waals surface area contributed by atoms with E-state index in [-0.39, 0.29) is 30.1 Å². The van der Waals surface area contributed by atoms with Gasteiger partial charge in [-0.25, -0.2) is 0 Å². The predicted molar refractivity (Wildman–Crippen MR) is 97.1 cm³/mol. The highest BCUT2D eigenvalue weighted by Gasteiger charge is 2.27. The summed E-state index contributed by atoms with van der Waals surface area (Å²) >= 11 is 0. The van der Waals surface area contributed by atoms with Crippen LogP contribution in [0.3, 0.4) is 0 Å². The molecule has 5 heteroatoms. The molecular formula is C20H32O5. The molecule has 1 rings (SSSR count). The molecule has 142 valence electrons. The number of allylic oxidation sites excluding steroid dienone is 3. The third-order valence-corrected chi connectivity index (χ3v) is 4.65. The molecule has 1 aliphatic carbocycles. The average Bonchev–Trinajstić information content (AvgIpc) is 2.88. The number of carbonyl (C=O) groups is 2. The number of carbonyl (C=O) groups excluding carboxylic acids is 1. The molecule has 0 saturated heterocycles. The number of hydrogen-bond acceptors (Lipinski definition) is 4. The molecule has 5 nitrogen and oxygen atoms in total. The van der Waals surface area contributed by atoms with Crippen LogP contribution in [-0.4, -0.2) is 39.3 Å². The molecule has 0 saturated carbocycles. The number of aliphatic carboxylic acids is 1. The minimum Gasteiger partial charge on any atom is -0.481 e. The fourth-order valence-corrected chi connectivity index (χ4v) is 3.16. The lowest BCUT2D eigenvalue weighted by Gasteiger charge is -2.15. The van der Waals surface area contributed by atoms with Gasteiger partial charge in [-0.3, -0.25) is 9.59 Å². The first-order valence-corrected chi connectivity index (χ1v) is 9.38. The van der Waals surface area contributed by atoms with Crippen molar-refractivity contribution in [2.75, 3.05) is 0 Å². The van der Waals surface area contributed by atoms with Crippen molar-refractivity contribution in [3.63, 3.8) is 0 Å². The number of rotatable bonds is 13. The van der Waals surface area contributed by atoms with Crippen LogP contribution in [-0.2, 0) is 9.59 Å². The summed E-state index contributed by atoms with van der Waals surface area (Å²) in [5, 5.41) is 27.8. The van der Waals surface area contributed by atoms with Crippen LogP contribution in [0, 0.1) is 11.8 Å². The van der Waals surface area contributed by atoms with Gasteiger partial charge in [0.15, 0.2) is 5.78 Å². The summed E-state index contributed by atoms with van der Waals surface area (Å²) in [5.41, 5.74) is 0. The summed E-state index contributed by atoms with van der Waals surface area (Å²) in [6.45, 7) is 1.74. The van der Waals surface area contributed by atoms with E-state index in [4.69, 9.17) is 5.11 Å². The Labute approximate surface area is 150 Å². The van der Waals surface area contributed by atoms with Gasteiger partial charge in [-0.05, 0) is 45.1 Å². The van der Waals surface area contributed by atoms with Gasteiger partial charge in [0.2, 0.25) is 0 Å². The van der Waals surface area contributed by atoms with Crippen molar-refractivity contribution in [3.8, 4) is 0 Å². The maximum absolute atomic E-state index is 12.0. The molecule has 0 aliphatic heterocycles. The molecule has 0 fully saturated rings. The molecular weight excluding hydrogens is 320 g/mol. The SMILES string of the molecule is CC(O)CCC[C@H](O)/C=C/[C@H]1C=CC(=O)[C@@H]1CCCCCCC(=O)O. The normalized spacial score (nSPS) is 22.6. The lowest BCUT2D eigenvalue weighted by Crippen LogP contribution is -2.15. The fourth-order valence-electron chi connectivity index (χ4n) is 3.16. The minimum atomic E-state index is -0.757. The van der Waals surface area contributed by atoms with Gasteiger partial charge in [-0.15, -0.1) is 0 Å². The topological polar surface area (TPSA) is 94.8 Å². The number of hydrogen-bond donors (Lipinski definition) is 3. The van der Waals surface area contributed by atoms with Crippen molar-refractivity contribution < 1.29 is 24.9 Å². The van der Waals surface area contributed by atoms with Crippen molar-refractivity contribution in [2.45, 2.75) is 76.9 Å². The predicted octanol–water partition coefficient (Wildman–Crippen LogP) is 3.25. The second-order valence-electron chi connectivity index (χ2n) is 7.02. The maximum Gasteiger partial charge on any atom is 0.303 e.